The maximum atomic E-state index is 13.0. The Morgan fingerprint density at radius 2 is 0.778 bits per heavy atom. The van der Waals surface area contributed by atoms with E-state index in [9.17, 15) is 4.79 Å². The van der Waals surface area contributed by atoms with Gasteiger partial charge in [0.15, 0.2) is 0 Å². The second kappa shape index (κ2) is 46.5. The molecule has 0 aliphatic carbocycles. The predicted octanol–water partition coefficient (Wildman–Crippen LogP) is 13.4. The highest BCUT2D eigenvalue weighted by molar-refractivity contribution is 5.67. The van der Waals surface area contributed by atoms with Crippen molar-refractivity contribution in [2.24, 2.45) is 11.5 Å². The first kappa shape index (κ1) is 53.1. The monoisotopic (exact) mass is 768 g/mol. The fourth-order valence-electron chi connectivity index (χ4n) is 7.29. The standard InChI is InChI=1S/C47H97N3O4/c1-3-5-7-9-11-13-15-17-19-21-23-25-27-29-31-35-42-52-44-46(45-54-47(51)50(41-37-39-49)40-34-33-38-48)53-43-36-32-30-28-26-24-22-20-18-16-14-12-10-8-6-4-2/h46H,3-45,48-49H2,1-2H3. The van der Waals surface area contributed by atoms with Crippen LogP contribution in [0, 0.1) is 0 Å². The Morgan fingerprint density at radius 1 is 0.426 bits per heavy atom. The molecule has 0 aromatic carbocycles. The van der Waals surface area contributed by atoms with Crippen molar-refractivity contribution in [2.45, 2.75) is 245 Å². The second-order valence-electron chi connectivity index (χ2n) is 16.4. The first-order valence-corrected chi connectivity index (χ1v) is 24.2. The zero-order valence-corrected chi connectivity index (χ0v) is 36.7. The highest BCUT2D eigenvalue weighted by Crippen LogP contribution is 2.16. The van der Waals surface area contributed by atoms with E-state index in [0.717, 1.165) is 38.7 Å². The minimum absolute atomic E-state index is 0.229. The topological polar surface area (TPSA) is 100 Å². The largest absolute Gasteiger partial charge is 0.447 e. The molecule has 7 nitrogen and oxygen atoms in total. The molecule has 0 aliphatic heterocycles. The van der Waals surface area contributed by atoms with Crippen LogP contribution in [0.15, 0.2) is 0 Å². The Labute approximate surface area is 337 Å². The van der Waals surface area contributed by atoms with E-state index >= 15 is 0 Å². The normalized spacial score (nSPS) is 12.1. The van der Waals surface area contributed by atoms with Crippen LogP contribution in [0.2, 0.25) is 0 Å². The molecule has 1 atom stereocenters. The van der Waals surface area contributed by atoms with Gasteiger partial charge in [-0.2, -0.15) is 0 Å². The van der Waals surface area contributed by atoms with Crippen molar-refractivity contribution >= 4 is 6.09 Å². The molecular formula is C47H97N3O4. The molecule has 0 fully saturated rings. The molecule has 0 aliphatic rings. The van der Waals surface area contributed by atoms with Crippen LogP contribution >= 0.6 is 0 Å². The molecule has 0 saturated carbocycles. The first-order valence-electron chi connectivity index (χ1n) is 24.2. The molecule has 324 valence electrons. The Hall–Kier alpha value is -0.890. The minimum Gasteiger partial charge on any atom is -0.447 e. The SMILES string of the molecule is CCCCCCCCCCCCCCCCCCOCC(COC(=O)N(CCCN)CCCCN)OCCCCCCCCCCCCCCCCCC. The summed E-state index contributed by atoms with van der Waals surface area (Å²) in [5.74, 6) is 0. The molecule has 0 radical (unpaired) electrons. The number of amides is 1. The number of ether oxygens (including phenoxy) is 3. The van der Waals surface area contributed by atoms with Crippen molar-refractivity contribution in [1.82, 2.24) is 4.90 Å². The van der Waals surface area contributed by atoms with Crippen LogP contribution in [0.1, 0.15) is 239 Å². The zero-order valence-electron chi connectivity index (χ0n) is 36.7. The number of nitrogens with two attached hydrogens (primary N) is 2. The molecule has 1 unspecified atom stereocenters. The van der Waals surface area contributed by atoms with Crippen molar-refractivity contribution in [3.63, 3.8) is 0 Å². The van der Waals surface area contributed by atoms with Crippen molar-refractivity contribution in [1.29, 1.82) is 0 Å². The van der Waals surface area contributed by atoms with Crippen molar-refractivity contribution in [3.8, 4) is 0 Å². The van der Waals surface area contributed by atoms with Crippen LogP contribution in [0.3, 0.4) is 0 Å². The number of hydrogen-bond acceptors (Lipinski definition) is 6. The molecule has 4 N–H and O–H groups in total. The van der Waals surface area contributed by atoms with Crippen LogP contribution in [0.5, 0.6) is 0 Å². The molecule has 1 amide bonds. The quantitative estimate of drug-likeness (QED) is 0.0598. The lowest BCUT2D eigenvalue weighted by Crippen LogP contribution is -2.37. The third-order valence-corrected chi connectivity index (χ3v) is 11.0. The third kappa shape index (κ3) is 40.8. The van der Waals surface area contributed by atoms with Crippen LogP contribution in [0.25, 0.3) is 0 Å². The van der Waals surface area contributed by atoms with E-state index in [1.54, 1.807) is 4.90 Å². The first-order chi connectivity index (χ1) is 26.7. The van der Waals surface area contributed by atoms with Gasteiger partial charge < -0.3 is 30.6 Å². The molecule has 0 spiro atoms. The minimum atomic E-state index is -0.283. The van der Waals surface area contributed by atoms with Gasteiger partial charge in [-0.3, -0.25) is 0 Å². The van der Waals surface area contributed by atoms with E-state index in [0.29, 0.717) is 39.4 Å². The van der Waals surface area contributed by atoms with E-state index in [1.807, 2.05) is 0 Å². The van der Waals surface area contributed by atoms with E-state index < -0.39 is 0 Å². The molecule has 0 aromatic rings. The number of rotatable bonds is 46. The van der Waals surface area contributed by atoms with Gasteiger partial charge in [-0.05, 0) is 45.2 Å². The average Bonchev–Trinajstić information content (AvgIpc) is 3.18. The predicted molar refractivity (Wildman–Crippen MR) is 235 cm³/mol. The Balaban J connectivity index is 4.17. The maximum Gasteiger partial charge on any atom is 0.409 e. The summed E-state index contributed by atoms with van der Waals surface area (Å²) in [4.78, 5) is 14.7. The highest BCUT2D eigenvalue weighted by Gasteiger charge is 2.18. The van der Waals surface area contributed by atoms with Crippen LogP contribution < -0.4 is 11.5 Å². The molecule has 54 heavy (non-hydrogen) atoms. The van der Waals surface area contributed by atoms with Gasteiger partial charge in [0.2, 0.25) is 0 Å². The highest BCUT2D eigenvalue weighted by atomic mass is 16.6. The van der Waals surface area contributed by atoms with E-state index in [2.05, 4.69) is 13.8 Å². The van der Waals surface area contributed by atoms with Gasteiger partial charge in [0.05, 0.1) is 6.61 Å². The molecule has 0 bridgehead atoms. The fourth-order valence-corrected chi connectivity index (χ4v) is 7.29. The molecule has 0 rings (SSSR count). The lowest BCUT2D eigenvalue weighted by molar-refractivity contribution is -0.0506. The molecule has 0 saturated heterocycles. The summed E-state index contributed by atoms with van der Waals surface area (Å²) in [6.45, 7) is 9.16. The third-order valence-electron chi connectivity index (χ3n) is 11.0. The van der Waals surface area contributed by atoms with E-state index in [-0.39, 0.29) is 18.8 Å². The molecular weight excluding hydrogens is 671 g/mol. The number of carbonyl (C=O) groups excluding carboxylic acids is 1. The van der Waals surface area contributed by atoms with Gasteiger partial charge in [0, 0.05) is 26.3 Å². The van der Waals surface area contributed by atoms with Crippen molar-refractivity contribution in [2.75, 3.05) is 52.6 Å². The molecule has 0 aromatic heterocycles. The average molecular weight is 768 g/mol. The van der Waals surface area contributed by atoms with Gasteiger partial charge in [-0.1, -0.05) is 206 Å². The van der Waals surface area contributed by atoms with Crippen molar-refractivity contribution in [3.05, 3.63) is 0 Å². The summed E-state index contributed by atoms with van der Waals surface area (Å²) in [6, 6.07) is 0. The van der Waals surface area contributed by atoms with Gasteiger partial charge >= 0.3 is 6.09 Å². The van der Waals surface area contributed by atoms with Gasteiger partial charge in [-0.15, -0.1) is 0 Å². The second-order valence-corrected chi connectivity index (χ2v) is 16.4. The number of nitrogens with zero attached hydrogens (tertiary/aromatic N) is 1. The van der Waals surface area contributed by atoms with Gasteiger partial charge in [-0.25, -0.2) is 4.79 Å². The maximum absolute atomic E-state index is 13.0. The van der Waals surface area contributed by atoms with Gasteiger partial charge in [0.1, 0.15) is 12.7 Å². The van der Waals surface area contributed by atoms with Crippen molar-refractivity contribution < 1.29 is 19.0 Å². The Bertz CT molecular complexity index is 712. The summed E-state index contributed by atoms with van der Waals surface area (Å²) in [7, 11) is 0. The summed E-state index contributed by atoms with van der Waals surface area (Å²) in [5, 5.41) is 0. The Morgan fingerprint density at radius 3 is 1.17 bits per heavy atom. The summed E-state index contributed by atoms with van der Waals surface area (Å²) >= 11 is 0. The number of unbranched alkanes of at least 4 members (excludes halogenated alkanes) is 31. The summed E-state index contributed by atoms with van der Waals surface area (Å²) in [5.41, 5.74) is 11.4. The van der Waals surface area contributed by atoms with E-state index in [4.69, 9.17) is 25.7 Å². The lowest BCUT2D eigenvalue weighted by Gasteiger charge is -2.24. The lowest BCUT2D eigenvalue weighted by atomic mass is 10.0. The number of hydrogen-bond donors (Lipinski definition) is 2. The Kier molecular flexibility index (Phi) is 45.7. The van der Waals surface area contributed by atoms with Crippen LogP contribution in [0.4, 0.5) is 4.79 Å². The van der Waals surface area contributed by atoms with Crippen LogP contribution in [-0.4, -0.2) is 69.7 Å². The molecule has 7 heteroatoms. The van der Waals surface area contributed by atoms with E-state index in [1.165, 1.54) is 193 Å². The summed E-state index contributed by atoms with van der Waals surface area (Å²) in [6.07, 6.45) is 45.6. The smallest absolute Gasteiger partial charge is 0.409 e. The van der Waals surface area contributed by atoms with Crippen LogP contribution in [-0.2, 0) is 14.2 Å². The zero-order chi connectivity index (χ0) is 39.3. The van der Waals surface area contributed by atoms with Gasteiger partial charge in [0.25, 0.3) is 0 Å². The number of carbonyl (C=O) groups is 1. The summed E-state index contributed by atoms with van der Waals surface area (Å²) < 4.78 is 18.1. The molecule has 0 heterocycles. The fraction of sp³-hybridized carbons (Fsp3) is 0.979.